The van der Waals surface area contributed by atoms with Crippen molar-refractivity contribution in [1.29, 1.82) is 0 Å². The van der Waals surface area contributed by atoms with Crippen LogP contribution in [0.2, 0.25) is 0 Å². The van der Waals surface area contributed by atoms with Crippen LogP contribution in [0.1, 0.15) is 20.3 Å². The van der Waals surface area contributed by atoms with Crippen LogP contribution in [0, 0.1) is 23.7 Å². The van der Waals surface area contributed by atoms with Crippen LogP contribution in [0.5, 0.6) is 0 Å². The van der Waals surface area contributed by atoms with Gasteiger partial charge in [-0.2, -0.15) is 0 Å². The molecule has 2 saturated carbocycles. The fraction of sp³-hybridized carbons (Fsp3) is 0.769. The molecule has 0 amide bonds. The van der Waals surface area contributed by atoms with Gasteiger partial charge in [-0.1, -0.05) is 0 Å². The minimum absolute atomic E-state index is 0.0000463. The van der Waals surface area contributed by atoms with E-state index in [0.29, 0.717) is 13.0 Å². The van der Waals surface area contributed by atoms with E-state index in [2.05, 4.69) is 0 Å². The quantitative estimate of drug-likeness (QED) is 0.529. The maximum Gasteiger partial charge on any atom is 0.309 e. The third kappa shape index (κ3) is 1.81. The zero-order chi connectivity index (χ0) is 13.7. The van der Waals surface area contributed by atoms with Crippen LogP contribution >= 0.6 is 0 Å². The number of fused-ring (bicyclic) bond motifs is 5. The monoisotopic (exact) mass is 268 g/mol. The number of cyclic esters (lactones) is 1. The van der Waals surface area contributed by atoms with Gasteiger partial charge in [-0.05, 0) is 6.42 Å². The SMILES string of the molecule is CC(=O)O[C@@H]1[C@@H]2C[C@H](OC(C)=O)[C@@H]1[C@H]1COC(=O)[C@H]21. The topological polar surface area (TPSA) is 78.9 Å². The molecule has 1 heterocycles. The third-order valence-corrected chi connectivity index (χ3v) is 4.46. The molecule has 3 rings (SSSR count). The Morgan fingerprint density at radius 2 is 1.84 bits per heavy atom. The molecule has 6 atom stereocenters. The molecule has 0 unspecified atom stereocenters. The van der Waals surface area contributed by atoms with E-state index in [1.807, 2.05) is 0 Å². The van der Waals surface area contributed by atoms with E-state index in [4.69, 9.17) is 14.2 Å². The zero-order valence-corrected chi connectivity index (χ0v) is 10.8. The Kier molecular flexibility index (Phi) is 2.76. The Bertz CT molecular complexity index is 444. The Labute approximate surface area is 110 Å². The van der Waals surface area contributed by atoms with Gasteiger partial charge in [0.15, 0.2) is 0 Å². The van der Waals surface area contributed by atoms with E-state index < -0.39 is 0 Å². The molecule has 1 saturated heterocycles. The van der Waals surface area contributed by atoms with Gasteiger partial charge in [-0.15, -0.1) is 0 Å². The largest absolute Gasteiger partial charge is 0.465 e. The average molecular weight is 268 g/mol. The highest BCUT2D eigenvalue weighted by atomic mass is 16.6. The molecule has 3 fully saturated rings. The average Bonchev–Trinajstić information content (AvgIpc) is 2.89. The summed E-state index contributed by atoms with van der Waals surface area (Å²) in [4.78, 5) is 34.1. The number of carbonyl (C=O) groups excluding carboxylic acids is 3. The minimum Gasteiger partial charge on any atom is -0.465 e. The van der Waals surface area contributed by atoms with Crippen LogP contribution in [-0.2, 0) is 28.6 Å². The summed E-state index contributed by atoms with van der Waals surface area (Å²) in [6, 6.07) is 0. The van der Waals surface area contributed by atoms with Gasteiger partial charge >= 0.3 is 17.9 Å². The molecule has 104 valence electrons. The minimum atomic E-state index is -0.364. The molecule has 3 aliphatic rings. The highest BCUT2D eigenvalue weighted by Crippen LogP contribution is 2.57. The predicted molar refractivity (Wildman–Crippen MR) is 60.6 cm³/mol. The van der Waals surface area contributed by atoms with Crippen molar-refractivity contribution < 1.29 is 28.6 Å². The van der Waals surface area contributed by atoms with Crippen molar-refractivity contribution in [3.05, 3.63) is 0 Å². The second-order valence-corrected chi connectivity index (χ2v) is 5.52. The number of rotatable bonds is 2. The first kappa shape index (κ1) is 12.4. The zero-order valence-electron chi connectivity index (χ0n) is 10.8. The standard InChI is InChI=1S/C13H16O6/c1-5(14)18-9-3-7-10-8(4-17-13(10)16)11(9)12(7)19-6(2)15/h7-12H,3-4H2,1-2H3/t7-,8+,9+,10-,11+,12-/m1/s1. The van der Waals surface area contributed by atoms with Crippen LogP contribution < -0.4 is 0 Å². The van der Waals surface area contributed by atoms with E-state index >= 15 is 0 Å². The lowest BCUT2D eigenvalue weighted by Gasteiger charge is -2.27. The van der Waals surface area contributed by atoms with Crippen molar-refractivity contribution >= 4 is 17.9 Å². The van der Waals surface area contributed by atoms with Crippen molar-refractivity contribution in [2.45, 2.75) is 32.5 Å². The molecule has 0 radical (unpaired) electrons. The number of hydrogen-bond donors (Lipinski definition) is 0. The molecular weight excluding hydrogens is 252 g/mol. The summed E-state index contributed by atoms with van der Waals surface area (Å²) in [5.74, 6) is -1.33. The van der Waals surface area contributed by atoms with Gasteiger partial charge in [0.2, 0.25) is 0 Å². The van der Waals surface area contributed by atoms with E-state index in [1.54, 1.807) is 0 Å². The van der Waals surface area contributed by atoms with Crippen LogP contribution in [-0.4, -0.2) is 36.7 Å². The molecule has 0 aromatic carbocycles. The lowest BCUT2D eigenvalue weighted by Crippen LogP contribution is -2.35. The van der Waals surface area contributed by atoms with E-state index in [1.165, 1.54) is 13.8 Å². The molecule has 2 bridgehead atoms. The predicted octanol–water partition coefficient (Wildman–Crippen LogP) is 0.289. The molecule has 0 aromatic heterocycles. The van der Waals surface area contributed by atoms with Gasteiger partial charge in [0.25, 0.3) is 0 Å². The third-order valence-electron chi connectivity index (χ3n) is 4.46. The number of hydrogen-bond acceptors (Lipinski definition) is 6. The second kappa shape index (κ2) is 4.21. The first-order valence-corrected chi connectivity index (χ1v) is 6.50. The highest BCUT2D eigenvalue weighted by Gasteiger charge is 2.66. The van der Waals surface area contributed by atoms with E-state index in [9.17, 15) is 14.4 Å². The number of carbonyl (C=O) groups is 3. The summed E-state index contributed by atoms with van der Waals surface area (Å²) in [6.07, 6.45) is -0.0364. The van der Waals surface area contributed by atoms with Gasteiger partial charge in [0.05, 0.1) is 12.5 Å². The lowest BCUT2D eigenvalue weighted by molar-refractivity contribution is -0.155. The summed E-state index contributed by atoms with van der Waals surface area (Å²) in [6.45, 7) is 3.05. The molecule has 6 nitrogen and oxygen atoms in total. The Morgan fingerprint density at radius 3 is 2.47 bits per heavy atom. The van der Waals surface area contributed by atoms with Crippen LogP contribution in [0.4, 0.5) is 0 Å². The van der Waals surface area contributed by atoms with Crippen molar-refractivity contribution in [1.82, 2.24) is 0 Å². The van der Waals surface area contributed by atoms with Gasteiger partial charge in [0, 0.05) is 31.6 Å². The summed E-state index contributed by atoms with van der Waals surface area (Å²) >= 11 is 0. The van der Waals surface area contributed by atoms with Crippen LogP contribution in [0.25, 0.3) is 0 Å². The van der Waals surface area contributed by atoms with E-state index in [0.717, 1.165) is 0 Å². The van der Waals surface area contributed by atoms with Crippen molar-refractivity contribution in [2.75, 3.05) is 6.61 Å². The molecule has 19 heavy (non-hydrogen) atoms. The molecular formula is C13H16O6. The summed E-state index contributed by atoms with van der Waals surface area (Å²) < 4.78 is 15.7. The smallest absolute Gasteiger partial charge is 0.309 e. The molecule has 0 spiro atoms. The lowest BCUT2D eigenvalue weighted by atomic mass is 9.80. The molecule has 2 aliphatic carbocycles. The maximum atomic E-state index is 11.7. The maximum absolute atomic E-state index is 11.7. The highest BCUT2D eigenvalue weighted by molar-refractivity contribution is 5.77. The van der Waals surface area contributed by atoms with Crippen LogP contribution in [0.3, 0.4) is 0 Å². The van der Waals surface area contributed by atoms with Crippen molar-refractivity contribution in [2.24, 2.45) is 23.7 Å². The fourth-order valence-electron chi connectivity index (χ4n) is 4.02. The van der Waals surface area contributed by atoms with Gasteiger partial charge in [-0.3, -0.25) is 14.4 Å². The normalized spacial score (nSPS) is 42.7. The Hall–Kier alpha value is -1.59. The van der Waals surface area contributed by atoms with Crippen molar-refractivity contribution in [3.8, 4) is 0 Å². The second-order valence-electron chi connectivity index (χ2n) is 5.52. The first-order chi connectivity index (χ1) is 8.99. The summed E-state index contributed by atoms with van der Waals surface area (Å²) in [5, 5.41) is 0. The summed E-state index contributed by atoms with van der Waals surface area (Å²) in [7, 11) is 0. The van der Waals surface area contributed by atoms with Gasteiger partial charge in [-0.25, -0.2) is 0 Å². The molecule has 6 heteroatoms. The van der Waals surface area contributed by atoms with Crippen molar-refractivity contribution in [3.63, 3.8) is 0 Å². The Balaban J connectivity index is 1.85. The summed E-state index contributed by atoms with van der Waals surface area (Å²) in [5.41, 5.74) is 0. The van der Waals surface area contributed by atoms with Crippen LogP contribution in [0.15, 0.2) is 0 Å². The molecule has 0 aromatic rings. The Morgan fingerprint density at radius 1 is 1.16 bits per heavy atom. The number of esters is 3. The van der Waals surface area contributed by atoms with E-state index in [-0.39, 0.29) is 53.8 Å². The van der Waals surface area contributed by atoms with Gasteiger partial charge < -0.3 is 14.2 Å². The number of ether oxygens (including phenoxy) is 3. The molecule has 1 aliphatic heterocycles. The molecule has 0 N–H and O–H groups in total. The fourth-order valence-corrected chi connectivity index (χ4v) is 4.02. The first-order valence-electron chi connectivity index (χ1n) is 6.50. The van der Waals surface area contributed by atoms with Gasteiger partial charge in [0.1, 0.15) is 12.2 Å².